The first-order valence-electron chi connectivity index (χ1n) is 13.3. The lowest BCUT2D eigenvalue weighted by Gasteiger charge is -2.60. The molecule has 9 nitrogen and oxygen atoms in total. The van der Waals surface area contributed by atoms with Crippen molar-refractivity contribution in [2.24, 2.45) is 11.8 Å². The van der Waals surface area contributed by atoms with Gasteiger partial charge in [-0.05, 0) is 69.0 Å². The first-order valence-corrected chi connectivity index (χ1v) is 13.3. The number of carbonyl (C=O) groups is 1. The number of carbonyl (C=O) groups excluding carboxylic acids is 1. The molecule has 3 fully saturated rings. The minimum atomic E-state index is -0.442. The first-order chi connectivity index (χ1) is 17.9. The van der Waals surface area contributed by atoms with Gasteiger partial charge in [0.2, 0.25) is 5.91 Å². The van der Waals surface area contributed by atoms with E-state index in [4.69, 9.17) is 9.15 Å². The lowest BCUT2D eigenvalue weighted by molar-refractivity contribution is -0.385. The van der Waals surface area contributed by atoms with Gasteiger partial charge in [-0.1, -0.05) is 0 Å². The summed E-state index contributed by atoms with van der Waals surface area (Å²) in [7, 11) is 1.81. The number of rotatable bonds is 6. The largest absolute Gasteiger partial charge is 0.504 e. The number of phenolic OH excluding ortho intramolecular Hbond substituents is 1. The standard InChI is InChI=1S/C28H31N3O6/c1-29(24(33)7-4-17-8-11-36-15-17)20-6-5-19-22-12-18-21(31(34)35)13-23(32)26-25(18)28(19,27(20)37-26)9-10-30(22)14-16-2-3-16/h4,7-8,11,13,15-16,19-20,22,27,32H,2-3,5-6,9-10,12,14H2,1H3/b7-4+/t19-,20+,22+,27-,28-/m0/s1. The minimum absolute atomic E-state index is 0.00815. The Hall–Kier alpha value is -3.33. The fraction of sp³-hybridized carbons (Fsp3) is 0.536. The zero-order valence-corrected chi connectivity index (χ0v) is 20.8. The van der Waals surface area contributed by atoms with Crippen LogP contribution in [-0.4, -0.2) is 64.1 Å². The lowest BCUT2D eigenvalue weighted by atomic mass is 9.50. The Morgan fingerprint density at radius 1 is 1.35 bits per heavy atom. The highest BCUT2D eigenvalue weighted by atomic mass is 16.6. The van der Waals surface area contributed by atoms with Crippen LogP contribution < -0.4 is 4.74 Å². The van der Waals surface area contributed by atoms with Crippen LogP contribution in [0.5, 0.6) is 11.5 Å². The normalized spacial score (nSPS) is 31.7. The number of likely N-dealkylation sites (tertiary alicyclic amines) is 1. The molecule has 9 heteroatoms. The Balaban J connectivity index is 1.29. The molecule has 1 N–H and O–H groups in total. The predicted molar refractivity (Wildman–Crippen MR) is 134 cm³/mol. The van der Waals surface area contributed by atoms with Gasteiger partial charge in [0.15, 0.2) is 11.5 Å². The van der Waals surface area contributed by atoms with E-state index in [1.54, 1.807) is 35.6 Å². The molecule has 1 aromatic heterocycles. The average Bonchev–Trinajstić information content (AvgIpc) is 3.41. The number of nitro benzene ring substituents is 1. The molecule has 0 radical (unpaired) electrons. The van der Waals surface area contributed by atoms with Gasteiger partial charge < -0.3 is 19.2 Å². The molecule has 2 aromatic rings. The molecule has 2 saturated carbocycles. The highest BCUT2D eigenvalue weighted by Crippen LogP contribution is 2.65. The number of hydrogen-bond donors (Lipinski definition) is 1. The van der Waals surface area contributed by atoms with Crippen molar-refractivity contribution >= 4 is 17.7 Å². The van der Waals surface area contributed by atoms with Crippen molar-refractivity contribution in [1.82, 2.24) is 9.80 Å². The van der Waals surface area contributed by atoms with Gasteiger partial charge in [0, 0.05) is 47.8 Å². The van der Waals surface area contributed by atoms with E-state index in [2.05, 4.69) is 4.90 Å². The molecule has 1 saturated heterocycles. The molecule has 0 unspecified atom stereocenters. The smallest absolute Gasteiger partial charge is 0.276 e. The number of furan rings is 1. The number of aromatic hydroxyl groups is 1. The molecule has 5 aliphatic rings. The number of hydrogen-bond acceptors (Lipinski definition) is 7. The third-order valence-electron chi connectivity index (χ3n) is 9.70. The molecular formula is C28H31N3O6. The van der Waals surface area contributed by atoms with E-state index in [1.165, 1.54) is 18.9 Å². The Kier molecular flexibility index (Phi) is 4.99. The average molecular weight is 506 g/mol. The third kappa shape index (κ3) is 3.29. The van der Waals surface area contributed by atoms with Gasteiger partial charge in [-0.2, -0.15) is 0 Å². The van der Waals surface area contributed by atoms with Crippen molar-refractivity contribution in [3.63, 3.8) is 0 Å². The summed E-state index contributed by atoms with van der Waals surface area (Å²) in [5.74, 6) is 1.11. The fourth-order valence-corrected chi connectivity index (χ4v) is 7.90. The van der Waals surface area contributed by atoms with Gasteiger partial charge in [-0.3, -0.25) is 19.8 Å². The number of ether oxygens (including phenoxy) is 1. The van der Waals surface area contributed by atoms with Crippen LogP contribution in [0.15, 0.2) is 35.2 Å². The Morgan fingerprint density at radius 2 is 2.19 bits per heavy atom. The number of nitrogens with zero attached hydrogens (tertiary/aromatic N) is 3. The molecule has 37 heavy (non-hydrogen) atoms. The summed E-state index contributed by atoms with van der Waals surface area (Å²) in [6.45, 7) is 1.96. The molecule has 1 spiro atoms. The van der Waals surface area contributed by atoms with Gasteiger partial charge in [0.05, 0.1) is 29.6 Å². The number of likely N-dealkylation sites (N-methyl/N-ethyl adjacent to an activating group) is 1. The highest BCUT2D eigenvalue weighted by Gasteiger charge is 2.67. The fourth-order valence-electron chi connectivity index (χ4n) is 7.90. The summed E-state index contributed by atoms with van der Waals surface area (Å²) in [5, 5.41) is 23.0. The van der Waals surface area contributed by atoms with Crippen LogP contribution in [0.25, 0.3) is 6.08 Å². The van der Waals surface area contributed by atoms with Crippen molar-refractivity contribution in [1.29, 1.82) is 0 Å². The summed E-state index contributed by atoms with van der Waals surface area (Å²) in [4.78, 5) is 29.3. The Labute approximate surface area is 214 Å². The van der Waals surface area contributed by atoms with E-state index in [1.807, 2.05) is 7.05 Å². The first kappa shape index (κ1) is 22.8. The molecule has 1 aromatic carbocycles. The summed E-state index contributed by atoms with van der Waals surface area (Å²) in [6.07, 6.45) is 11.7. The van der Waals surface area contributed by atoms with Crippen molar-refractivity contribution in [2.75, 3.05) is 20.1 Å². The van der Waals surface area contributed by atoms with Crippen LogP contribution in [0.4, 0.5) is 5.69 Å². The van der Waals surface area contributed by atoms with Crippen LogP contribution in [0.3, 0.4) is 0 Å². The predicted octanol–water partition coefficient (Wildman–Crippen LogP) is 3.88. The molecule has 3 aliphatic carbocycles. The zero-order chi connectivity index (χ0) is 25.5. The Bertz CT molecular complexity index is 1300. The van der Waals surface area contributed by atoms with Crippen molar-refractivity contribution in [3.8, 4) is 11.5 Å². The van der Waals surface area contributed by atoms with E-state index in [-0.39, 0.29) is 46.4 Å². The zero-order valence-electron chi connectivity index (χ0n) is 20.8. The van der Waals surface area contributed by atoms with Crippen molar-refractivity contribution < 1.29 is 24.0 Å². The second kappa shape index (κ2) is 8.08. The molecule has 1 amide bonds. The molecule has 2 bridgehead atoms. The molecular weight excluding hydrogens is 474 g/mol. The van der Waals surface area contributed by atoms with E-state index in [0.29, 0.717) is 12.2 Å². The summed E-state index contributed by atoms with van der Waals surface area (Å²) >= 11 is 0. The topological polar surface area (TPSA) is 109 Å². The summed E-state index contributed by atoms with van der Waals surface area (Å²) in [6, 6.07) is 3.07. The highest BCUT2D eigenvalue weighted by molar-refractivity contribution is 5.92. The maximum Gasteiger partial charge on any atom is 0.276 e. The number of amides is 1. The minimum Gasteiger partial charge on any atom is -0.504 e. The van der Waals surface area contributed by atoms with Gasteiger partial charge >= 0.3 is 0 Å². The van der Waals surface area contributed by atoms with Crippen LogP contribution in [0.2, 0.25) is 0 Å². The van der Waals surface area contributed by atoms with Crippen molar-refractivity contribution in [3.05, 3.63) is 57.5 Å². The quantitative estimate of drug-likeness (QED) is 0.360. The van der Waals surface area contributed by atoms with Gasteiger partial charge in [-0.25, -0.2) is 0 Å². The van der Waals surface area contributed by atoms with E-state index >= 15 is 0 Å². The SMILES string of the molecule is CN(C(=O)/C=C/c1ccoc1)[C@@H]1CC[C@H]2[C@H]3Cc4c([N+](=O)[O-])cc(O)c5c4[C@@]2(CCN3CC2CC2)[C@H]1O5. The maximum atomic E-state index is 13.2. The van der Waals surface area contributed by atoms with Crippen molar-refractivity contribution in [2.45, 2.75) is 62.1 Å². The lowest BCUT2D eigenvalue weighted by Crippen LogP contribution is -2.69. The third-order valence-corrected chi connectivity index (χ3v) is 9.70. The van der Waals surface area contributed by atoms with Crippen LogP contribution in [0.1, 0.15) is 48.8 Å². The number of nitro groups is 1. The van der Waals surface area contributed by atoms with Gasteiger partial charge in [-0.15, -0.1) is 0 Å². The molecule has 3 heterocycles. The number of phenols is 1. The van der Waals surface area contributed by atoms with Crippen LogP contribution in [0, 0.1) is 22.0 Å². The van der Waals surface area contributed by atoms with Crippen LogP contribution in [-0.2, 0) is 16.6 Å². The molecule has 2 aliphatic heterocycles. The molecule has 7 rings (SSSR count). The summed E-state index contributed by atoms with van der Waals surface area (Å²) in [5.41, 5.74) is 1.93. The second-order valence-corrected chi connectivity index (χ2v) is 11.5. The van der Waals surface area contributed by atoms with E-state index in [9.17, 15) is 20.0 Å². The second-order valence-electron chi connectivity index (χ2n) is 11.5. The van der Waals surface area contributed by atoms with E-state index < -0.39 is 5.41 Å². The maximum absolute atomic E-state index is 13.2. The monoisotopic (exact) mass is 505 g/mol. The number of piperidine rings is 1. The number of benzene rings is 1. The summed E-state index contributed by atoms with van der Waals surface area (Å²) < 4.78 is 11.7. The van der Waals surface area contributed by atoms with Crippen LogP contribution >= 0.6 is 0 Å². The Morgan fingerprint density at radius 3 is 2.92 bits per heavy atom. The molecule has 194 valence electrons. The van der Waals surface area contributed by atoms with Gasteiger partial charge in [0.25, 0.3) is 5.69 Å². The molecule has 5 atom stereocenters. The van der Waals surface area contributed by atoms with Gasteiger partial charge in [0.1, 0.15) is 6.10 Å². The van der Waals surface area contributed by atoms with E-state index in [0.717, 1.165) is 55.0 Å².